The van der Waals surface area contributed by atoms with Crippen molar-refractivity contribution < 1.29 is 19.0 Å². The third-order valence-corrected chi connectivity index (χ3v) is 4.70. The molecule has 9 heteroatoms. The number of imidazole rings is 1. The van der Waals surface area contributed by atoms with Gasteiger partial charge >= 0.3 is 0 Å². The van der Waals surface area contributed by atoms with Crippen LogP contribution in [0.5, 0.6) is 17.2 Å². The summed E-state index contributed by atoms with van der Waals surface area (Å²) in [4.78, 5) is 28.7. The topological polar surface area (TPSA) is 111 Å². The SMILES string of the molecule is COc1cc(/C=C(\NC(=O)c2ccccc2)c2nc3ncncc3[nH]2)cc(OC)c1OC. The molecule has 1 amide bonds. The number of methoxy groups -OCH3 is 3. The van der Waals surface area contributed by atoms with Crippen molar-refractivity contribution in [1.29, 1.82) is 0 Å². The Morgan fingerprint density at radius 3 is 2.38 bits per heavy atom. The van der Waals surface area contributed by atoms with Gasteiger partial charge in [-0.25, -0.2) is 15.0 Å². The van der Waals surface area contributed by atoms with Crippen LogP contribution in [0, 0.1) is 0 Å². The Morgan fingerprint density at radius 2 is 1.75 bits per heavy atom. The van der Waals surface area contributed by atoms with Crippen LogP contribution in [0.25, 0.3) is 22.9 Å². The molecule has 0 bridgehead atoms. The number of ether oxygens (including phenoxy) is 3. The van der Waals surface area contributed by atoms with E-state index in [9.17, 15) is 4.79 Å². The second-order valence-corrected chi connectivity index (χ2v) is 6.68. The highest BCUT2D eigenvalue weighted by Crippen LogP contribution is 2.39. The van der Waals surface area contributed by atoms with E-state index < -0.39 is 0 Å². The first-order valence-corrected chi connectivity index (χ1v) is 9.67. The maximum atomic E-state index is 12.9. The van der Waals surface area contributed by atoms with Gasteiger partial charge in [0, 0.05) is 5.56 Å². The Kier molecular flexibility index (Phi) is 5.98. The molecule has 2 heterocycles. The first-order chi connectivity index (χ1) is 15.6. The number of hydrogen-bond acceptors (Lipinski definition) is 7. The van der Waals surface area contributed by atoms with E-state index >= 15 is 0 Å². The molecule has 0 aliphatic heterocycles. The standard InChI is InChI=1S/C23H21N5O4/c1-30-18-10-14(11-19(31-2)20(18)32-3)9-16(27-23(29)15-7-5-4-6-8-15)22-26-17-12-24-13-25-21(17)28-22/h4-13H,1-3H3,(H,27,29)(H,24,25,26,28)/b16-9-. The van der Waals surface area contributed by atoms with Crippen LogP contribution < -0.4 is 19.5 Å². The lowest BCUT2D eigenvalue weighted by atomic mass is 10.1. The normalized spacial score (nSPS) is 11.3. The molecule has 0 aliphatic carbocycles. The highest BCUT2D eigenvalue weighted by atomic mass is 16.5. The van der Waals surface area contributed by atoms with Crippen molar-refractivity contribution in [2.45, 2.75) is 0 Å². The summed E-state index contributed by atoms with van der Waals surface area (Å²) in [5.41, 5.74) is 2.78. The van der Waals surface area contributed by atoms with E-state index in [0.29, 0.717) is 51.1 Å². The molecule has 0 fully saturated rings. The maximum Gasteiger partial charge on any atom is 0.255 e. The van der Waals surface area contributed by atoms with Crippen molar-refractivity contribution in [2.75, 3.05) is 21.3 Å². The number of H-pyrrole nitrogens is 1. The summed E-state index contributed by atoms with van der Waals surface area (Å²) in [6.07, 6.45) is 4.80. The number of amides is 1. The van der Waals surface area contributed by atoms with E-state index in [2.05, 4.69) is 25.3 Å². The van der Waals surface area contributed by atoms with Gasteiger partial charge < -0.3 is 24.5 Å². The van der Waals surface area contributed by atoms with Gasteiger partial charge in [-0.3, -0.25) is 4.79 Å². The number of aromatic amines is 1. The number of rotatable bonds is 7. The highest BCUT2D eigenvalue weighted by molar-refractivity contribution is 6.01. The summed E-state index contributed by atoms with van der Waals surface area (Å²) in [5, 5.41) is 2.93. The lowest BCUT2D eigenvalue weighted by molar-refractivity contribution is 0.0973. The van der Waals surface area contributed by atoms with Gasteiger partial charge in [0.05, 0.1) is 33.2 Å². The van der Waals surface area contributed by atoms with E-state index in [-0.39, 0.29) is 5.91 Å². The van der Waals surface area contributed by atoms with E-state index in [1.54, 1.807) is 62.9 Å². The molecule has 2 N–H and O–H groups in total. The van der Waals surface area contributed by atoms with Gasteiger partial charge in [0.1, 0.15) is 11.8 Å². The quantitative estimate of drug-likeness (QED) is 0.462. The molecular weight excluding hydrogens is 410 g/mol. The Morgan fingerprint density at radius 1 is 1.03 bits per heavy atom. The lowest BCUT2D eigenvalue weighted by Crippen LogP contribution is -2.22. The van der Waals surface area contributed by atoms with Crippen LogP contribution in [-0.4, -0.2) is 47.2 Å². The molecule has 9 nitrogen and oxygen atoms in total. The van der Waals surface area contributed by atoms with E-state index in [1.165, 1.54) is 13.4 Å². The average molecular weight is 431 g/mol. The summed E-state index contributed by atoms with van der Waals surface area (Å²) < 4.78 is 16.3. The molecule has 0 atom stereocenters. The van der Waals surface area contributed by atoms with Crippen molar-refractivity contribution in [3.05, 3.63) is 71.9 Å². The van der Waals surface area contributed by atoms with Crippen molar-refractivity contribution in [2.24, 2.45) is 0 Å². The van der Waals surface area contributed by atoms with Crippen LogP contribution >= 0.6 is 0 Å². The maximum absolute atomic E-state index is 12.9. The van der Waals surface area contributed by atoms with Crippen LogP contribution in [0.4, 0.5) is 0 Å². The minimum absolute atomic E-state index is 0.282. The van der Waals surface area contributed by atoms with Crippen molar-refractivity contribution in [1.82, 2.24) is 25.3 Å². The Hall–Kier alpha value is -4.40. The third kappa shape index (κ3) is 4.22. The van der Waals surface area contributed by atoms with Gasteiger partial charge in [-0.2, -0.15) is 0 Å². The summed E-state index contributed by atoms with van der Waals surface area (Å²) in [7, 11) is 4.62. The number of carbonyl (C=O) groups excluding carboxylic acids is 1. The largest absolute Gasteiger partial charge is 0.493 e. The average Bonchev–Trinajstić information content (AvgIpc) is 3.27. The number of fused-ring (bicyclic) bond motifs is 1. The summed E-state index contributed by atoms with van der Waals surface area (Å²) in [5.74, 6) is 1.60. The van der Waals surface area contributed by atoms with Crippen LogP contribution in [-0.2, 0) is 0 Å². The molecule has 0 spiro atoms. The monoisotopic (exact) mass is 431 g/mol. The highest BCUT2D eigenvalue weighted by Gasteiger charge is 2.16. The molecule has 0 aliphatic rings. The number of benzene rings is 2. The van der Waals surface area contributed by atoms with Gasteiger partial charge in [-0.1, -0.05) is 18.2 Å². The zero-order valence-corrected chi connectivity index (χ0v) is 17.7. The molecule has 0 saturated carbocycles. The third-order valence-electron chi connectivity index (χ3n) is 4.70. The lowest BCUT2D eigenvalue weighted by Gasteiger charge is -2.14. The minimum Gasteiger partial charge on any atom is -0.493 e. The Balaban J connectivity index is 1.81. The van der Waals surface area contributed by atoms with Gasteiger partial charge in [0.25, 0.3) is 5.91 Å². The second kappa shape index (κ2) is 9.17. The summed E-state index contributed by atoms with van der Waals surface area (Å²) in [6.45, 7) is 0. The van der Waals surface area contributed by atoms with E-state index in [0.717, 1.165) is 0 Å². The number of aromatic nitrogens is 4. The van der Waals surface area contributed by atoms with Crippen LogP contribution in [0.2, 0.25) is 0 Å². The zero-order valence-electron chi connectivity index (χ0n) is 17.7. The number of nitrogens with one attached hydrogen (secondary N) is 2. The number of carbonyl (C=O) groups is 1. The fourth-order valence-electron chi connectivity index (χ4n) is 3.19. The van der Waals surface area contributed by atoms with Gasteiger partial charge in [-0.05, 0) is 35.9 Å². The molecule has 4 aromatic rings. The van der Waals surface area contributed by atoms with Crippen LogP contribution in [0.1, 0.15) is 21.7 Å². The predicted molar refractivity (Wildman–Crippen MR) is 120 cm³/mol. The van der Waals surface area contributed by atoms with Gasteiger partial charge in [0.15, 0.2) is 23.0 Å². The summed E-state index contributed by atoms with van der Waals surface area (Å²) >= 11 is 0. The molecule has 32 heavy (non-hydrogen) atoms. The molecular formula is C23H21N5O4. The summed E-state index contributed by atoms with van der Waals surface area (Å²) in [6, 6.07) is 12.5. The van der Waals surface area contributed by atoms with Crippen LogP contribution in [0.3, 0.4) is 0 Å². The van der Waals surface area contributed by atoms with Gasteiger partial charge in [-0.15, -0.1) is 0 Å². The number of hydrogen-bond donors (Lipinski definition) is 2. The molecule has 2 aromatic carbocycles. The number of nitrogens with zero attached hydrogens (tertiary/aromatic N) is 3. The molecule has 2 aromatic heterocycles. The zero-order chi connectivity index (χ0) is 22.5. The first-order valence-electron chi connectivity index (χ1n) is 9.67. The molecule has 0 radical (unpaired) electrons. The Bertz CT molecular complexity index is 1230. The van der Waals surface area contributed by atoms with Crippen molar-refractivity contribution in [3.63, 3.8) is 0 Å². The van der Waals surface area contributed by atoms with E-state index in [4.69, 9.17) is 14.2 Å². The molecule has 0 unspecified atom stereocenters. The predicted octanol–water partition coefficient (Wildman–Crippen LogP) is 3.31. The molecule has 4 rings (SSSR count). The van der Waals surface area contributed by atoms with E-state index in [1.807, 2.05) is 6.07 Å². The Labute approximate surface area is 184 Å². The smallest absolute Gasteiger partial charge is 0.255 e. The fraction of sp³-hybridized carbons (Fsp3) is 0.130. The van der Waals surface area contributed by atoms with Gasteiger partial charge in [0.2, 0.25) is 5.75 Å². The van der Waals surface area contributed by atoms with Crippen LogP contribution in [0.15, 0.2) is 55.0 Å². The molecule has 162 valence electrons. The fourth-order valence-corrected chi connectivity index (χ4v) is 3.19. The minimum atomic E-state index is -0.282. The second-order valence-electron chi connectivity index (χ2n) is 6.68. The van der Waals surface area contributed by atoms with Crippen molar-refractivity contribution >= 4 is 28.8 Å². The molecule has 0 saturated heterocycles. The van der Waals surface area contributed by atoms with Crippen molar-refractivity contribution in [3.8, 4) is 17.2 Å². The first kappa shape index (κ1) is 20.9.